The molecule has 10 nitrogen and oxygen atoms in total. The maximum Gasteiger partial charge on any atom is 0.224 e. The number of alkyl halides is 1. The fourth-order valence-electron chi connectivity index (χ4n) is 8.18. The molecule has 50 heavy (non-hydrogen) atoms. The Balaban J connectivity index is 0.929. The number of aliphatic hydroxyl groups is 2. The van der Waals surface area contributed by atoms with Crippen molar-refractivity contribution in [2.24, 2.45) is 5.92 Å². The Bertz CT molecular complexity index is 1190. The van der Waals surface area contributed by atoms with Gasteiger partial charge in [-0.2, -0.15) is 0 Å². The van der Waals surface area contributed by atoms with Gasteiger partial charge < -0.3 is 25.2 Å². The van der Waals surface area contributed by atoms with Crippen molar-refractivity contribution < 1.29 is 28.9 Å². The highest BCUT2D eigenvalue weighted by Gasteiger charge is 2.37. The van der Waals surface area contributed by atoms with Gasteiger partial charge in [-0.05, 0) is 68.9 Å². The zero-order valence-corrected chi connectivity index (χ0v) is 30.6. The van der Waals surface area contributed by atoms with Crippen LogP contribution < -0.4 is 15.4 Å². The maximum absolute atomic E-state index is 14.8. The van der Waals surface area contributed by atoms with E-state index in [-0.39, 0.29) is 36.7 Å². The van der Waals surface area contributed by atoms with Crippen LogP contribution in [0.1, 0.15) is 102 Å². The van der Waals surface area contributed by atoms with Crippen LogP contribution in [0.3, 0.4) is 0 Å². The molecular weight excluding hydrogens is 661 g/mol. The first-order valence-electron chi connectivity index (χ1n) is 19.5. The summed E-state index contributed by atoms with van der Waals surface area (Å²) < 4.78 is 20.7. The molecule has 4 atom stereocenters. The number of carbonyl (C=O) groups is 2. The van der Waals surface area contributed by atoms with Crippen LogP contribution in [-0.2, 0) is 16.0 Å². The van der Waals surface area contributed by atoms with Gasteiger partial charge in [0.15, 0.2) is 0 Å². The van der Waals surface area contributed by atoms with Gasteiger partial charge in [-0.1, -0.05) is 44.6 Å². The predicted octanol–water partition coefficient (Wildman–Crippen LogP) is 4.39. The number of hydrogen-bond acceptors (Lipinski definition) is 8. The van der Waals surface area contributed by atoms with E-state index in [1.807, 2.05) is 0 Å². The molecule has 3 aliphatic heterocycles. The molecule has 2 unspecified atom stereocenters. The molecule has 3 saturated heterocycles. The van der Waals surface area contributed by atoms with E-state index in [9.17, 15) is 24.2 Å². The van der Waals surface area contributed by atoms with E-state index >= 15 is 0 Å². The maximum atomic E-state index is 14.8. The number of piperidine rings is 1. The summed E-state index contributed by atoms with van der Waals surface area (Å²) in [6.07, 6.45) is 14.7. The molecular formula is C38H61ClFN5O5. The summed E-state index contributed by atoms with van der Waals surface area (Å²) in [6, 6.07) is 5.37. The normalized spacial score (nSPS) is 26.4. The third-order valence-corrected chi connectivity index (χ3v) is 11.5. The average molecular weight is 722 g/mol. The summed E-state index contributed by atoms with van der Waals surface area (Å²) in [6.45, 7) is 5.39. The molecule has 0 spiro atoms. The van der Waals surface area contributed by atoms with Crippen molar-refractivity contribution in [3.63, 3.8) is 0 Å². The van der Waals surface area contributed by atoms with E-state index in [1.165, 1.54) is 68.8 Å². The molecule has 4 fully saturated rings. The van der Waals surface area contributed by atoms with E-state index in [1.54, 1.807) is 12.1 Å². The van der Waals surface area contributed by atoms with E-state index < -0.39 is 18.0 Å². The number of benzene rings is 1. The minimum Gasteiger partial charge on any atom is -0.493 e. The number of carbonyl (C=O) groups excluding carboxylic acids is 2. The second kappa shape index (κ2) is 20.3. The number of halogens is 2. The standard InChI is InChI=1S/C38H61ClFN5O5/c39-30-24-42-38(45(25-30)31-11-5-2-1-3-6-12-31)43-19-16-28(17-20-43)10-9-21-50-32-15-14-29(33(40)23-32)22-36(48)41-18-8-4-7-13-37(49)44-26-34(46)35(47)27-44/h14-15,23,28,30-31,34-35,38,42,46-47H,1-13,16-22,24-27H2,(H,41,48)/t30?,34-,35-,38?/m0/s1. The van der Waals surface area contributed by atoms with Gasteiger partial charge in [0, 0.05) is 64.3 Å². The van der Waals surface area contributed by atoms with Crippen molar-refractivity contribution in [1.82, 2.24) is 25.3 Å². The van der Waals surface area contributed by atoms with Crippen LogP contribution in [0, 0.1) is 11.7 Å². The van der Waals surface area contributed by atoms with Crippen LogP contribution in [0.2, 0.25) is 0 Å². The summed E-state index contributed by atoms with van der Waals surface area (Å²) >= 11 is 6.65. The first kappa shape index (κ1) is 39.2. The first-order valence-corrected chi connectivity index (χ1v) is 19.9. The topological polar surface area (TPSA) is 118 Å². The molecule has 1 saturated carbocycles. The molecule has 0 bridgehead atoms. The molecule has 1 aliphatic carbocycles. The van der Waals surface area contributed by atoms with Crippen molar-refractivity contribution in [3.8, 4) is 5.75 Å². The summed E-state index contributed by atoms with van der Waals surface area (Å²) in [5.41, 5.74) is 0.337. The van der Waals surface area contributed by atoms with E-state index in [4.69, 9.17) is 16.3 Å². The van der Waals surface area contributed by atoms with Gasteiger partial charge in [-0.15, -0.1) is 11.6 Å². The lowest BCUT2D eigenvalue weighted by atomic mass is 9.91. The Morgan fingerprint density at radius 1 is 0.940 bits per heavy atom. The van der Waals surface area contributed by atoms with Gasteiger partial charge in [0.2, 0.25) is 11.8 Å². The highest BCUT2D eigenvalue weighted by atomic mass is 35.5. The van der Waals surface area contributed by atoms with Crippen LogP contribution in [0.25, 0.3) is 0 Å². The quantitative estimate of drug-likeness (QED) is 0.156. The molecule has 2 amide bonds. The summed E-state index contributed by atoms with van der Waals surface area (Å²) in [7, 11) is 0. The molecule has 1 aromatic carbocycles. The molecule has 1 aromatic rings. The Morgan fingerprint density at radius 3 is 2.38 bits per heavy atom. The summed E-state index contributed by atoms with van der Waals surface area (Å²) in [5, 5.41) is 26.0. The third-order valence-electron chi connectivity index (χ3n) is 11.2. The SMILES string of the molecule is O=C(Cc1ccc(OCCCC2CCN(C3NCC(Cl)CN3C3CCCCCCC3)CC2)cc1F)NCCCCCC(=O)N1C[C@H](O)[C@@H](O)C1. The largest absolute Gasteiger partial charge is 0.493 e. The lowest BCUT2D eigenvalue weighted by molar-refractivity contribution is -0.130. The molecule has 282 valence electrons. The number of hydrogen-bond donors (Lipinski definition) is 4. The van der Waals surface area contributed by atoms with Gasteiger partial charge in [-0.3, -0.25) is 24.7 Å². The number of unbranched alkanes of at least 4 members (excludes halogenated alkanes) is 2. The van der Waals surface area contributed by atoms with Gasteiger partial charge >= 0.3 is 0 Å². The zero-order valence-electron chi connectivity index (χ0n) is 29.9. The molecule has 12 heteroatoms. The Morgan fingerprint density at radius 2 is 1.66 bits per heavy atom. The molecule has 0 aromatic heterocycles. The van der Waals surface area contributed by atoms with Crippen molar-refractivity contribution in [1.29, 1.82) is 0 Å². The van der Waals surface area contributed by atoms with Gasteiger partial charge in [0.25, 0.3) is 0 Å². The van der Waals surface area contributed by atoms with Crippen molar-refractivity contribution >= 4 is 23.4 Å². The summed E-state index contributed by atoms with van der Waals surface area (Å²) in [5.74, 6) is 0.410. The van der Waals surface area contributed by atoms with Crippen LogP contribution in [-0.4, -0.2) is 119 Å². The van der Waals surface area contributed by atoms with E-state index in [0.717, 1.165) is 45.4 Å². The fourth-order valence-corrected chi connectivity index (χ4v) is 8.43. The van der Waals surface area contributed by atoms with Crippen LogP contribution >= 0.6 is 11.6 Å². The fraction of sp³-hybridized carbons (Fsp3) is 0.789. The lowest BCUT2D eigenvalue weighted by Crippen LogP contribution is -2.66. The number of likely N-dealkylation sites (tertiary alicyclic amines) is 2. The van der Waals surface area contributed by atoms with Crippen molar-refractivity contribution in [2.75, 3.05) is 52.4 Å². The monoisotopic (exact) mass is 721 g/mol. The van der Waals surface area contributed by atoms with Crippen molar-refractivity contribution in [2.45, 2.75) is 133 Å². The van der Waals surface area contributed by atoms with Gasteiger partial charge in [-0.25, -0.2) is 4.39 Å². The van der Waals surface area contributed by atoms with E-state index in [2.05, 4.69) is 20.4 Å². The second-order valence-electron chi connectivity index (χ2n) is 15.1. The highest BCUT2D eigenvalue weighted by Crippen LogP contribution is 2.29. The zero-order chi connectivity index (χ0) is 35.3. The van der Waals surface area contributed by atoms with E-state index in [0.29, 0.717) is 62.0 Å². The second-order valence-corrected chi connectivity index (χ2v) is 15.7. The minimum atomic E-state index is -0.871. The molecule has 0 radical (unpaired) electrons. The lowest BCUT2D eigenvalue weighted by Gasteiger charge is -2.50. The van der Waals surface area contributed by atoms with Gasteiger partial charge in [0.1, 0.15) is 17.9 Å². The Labute approximate surface area is 303 Å². The Hall–Kier alpha value is -2.02. The number of aliphatic hydroxyl groups excluding tert-OH is 2. The molecule has 3 heterocycles. The van der Waals surface area contributed by atoms with Gasteiger partial charge in [0.05, 0.1) is 30.6 Å². The number of nitrogens with one attached hydrogen (secondary N) is 2. The first-order chi connectivity index (χ1) is 24.3. The van der Waals surface area contributed by atoms with Crippen LogP contribution in [0.5, 0.6) is 5.75 Å². The minimum absolute atomic E-state index is 0.0375. The average Bonchev–Trinajstić information content (AvgIpc) is 3.43. The number of amides is 2. The smallest absolute Gasteiger partial charge is 0.224 e. The number of β-amino-alcohol motifs (C(OH)–C–C–N with tert-alkyl or cyclic N) is 2. The number of rotatable bonds is 15. The number of ether oxygens (including phenoxy) is 1. The summed E-state index contributed by atoms with van der Waals surface area (Å²) in [4.78, 5) is 31.4. The highest BCUT2D eigenvalue weighted by molar-refractivity contribution is 6.21. The van der Waals surface area contributed by atoms with Crippen molar-refractivity contribution in [3.05, 3.63) is 29.6 Å². The third kappa shape index (κ3) is 12.0. The van der Waals surface area contributed by atoms with Crippen LogP contribution in [0.4, 0.5) is 4.39 Å². The van der Waals surface area contributed by atoms with Crippen LogP contribution in [0.15, 0.2) is 18.2 Å². The molecule has 5 rings (SSSR count). The number of nitrogens with zero attached hydrogens (tertiary/aromatic N) is 3. The molecule has 4 N–H and O–H groups in total. The molecule has 4 aliphatic rings. The predicted molar refractivity (Wildman–Crippen MR) is 193 cm³/mol. The Kier molecular flexibility index (Phi) is 15.9.